The second-order valence-corrected chi connectivity index (χ2v) is 8.55. The summed E-state index contributed by atoms with van der Waals surface area (Å²) in [5.41, 5.74) is 4.05. The van der Waals surface area contributed by atoms with Crippen molar-refractivity contribution in [3.63, 3.8) is 0 Å². The average molecular weight is 401 g/mol. The molecular weight excluding hydrogens is 378 g/mol. The van der Waals surface area contributed by atoms with Gasteiger partial charge in [0.05, 0.1) is 18.0 Å². The summed E-state index contributed by atoms with van der Waals surface area (Å²) in [6.45, 7) is 1.95. The quantitative estimate of drug-likeness (QED) is 0.806. The zero-order chi connectivity index (χ0) is 20.3. The number of rotatable bonds is 6. The Bertz CT molecular complexity index is 1000. The lowest BCUT2D eigenvalue weighted by atomic mass is 9.97. The van der Waals surface area contributed by atoms with Crippen LogP contribution in [-0.4, -0.2) is 45.0 Å². The molecule has 1 aliphatic heterocycles. The number of nitrogens with one attached hydrogen (secondary N) is 1. The molecule has 1 atom stereocenters. The number of benzene rings is 2. The van der Waals surface area contributed by atoms with Gasteiger partial charge < -0.3 is 4.74 Å². The van der Waals surface area contributed by atoms with Crippen LogP contribution in [0, 0.1) is 6.92 Å². The number of carbonyl (C=O) groups excluding carboxylic acids is 1. The van der Waals surface area contributed by atoms with Crippen LogP contribution in [0.15, 0.2) is 53.6 Å². The van der Waals surface area contributed by atoms with Gasteiger partial charge in [-0.3, -0.25) is 9.52 Å². The first-order valence-corrected chi connectivity index (χ1v) is 10.7. The highest BCUT2D eigenvalue weighted by atomic mass is 32.2. The lowest BCUT2D eigenvalue weighted by molar-refractivity contribution is -0.137. The molecular formula is C20H23N3O4S. The summed E-state index contributed by atoms with van der Waals surface area (Å²) in [4.78, 5) is 12.5. The van der Waals surface area contributed by atoms with Gasteiger partial charge in [0.25, 0.3) is 5.91 Å². The van der Waals surface area contributed by atoms with Crippen LogP contribution in [0.3, 0.4) is 0 Å². The molecule has 3 rings (SSSR count). The number of nitrogens with zero attached hydrogens (tertiary/aromatic N) is 2. The second-order valence-electron chi connectivity index (χ2n) is 6.80. The van der Waals surface area contributed by atoms with Crippen molar-refractivity contribution in [2.45, 2.75) is 19.4 Å². The molecule has 0 bridgehead atoms. The predicted octanol–water partition coefficient (Wildman–Crippen LogP) is 2.69. The number of carbonyl (C=O) groups is 1. The van der Waals surface area contributed by atoms with E-state index in [0.717, 1.165) is 22.9 Å². The van der Waals surface area contributed by atoms with E-state index in [0.29, 0.717) is 17.8 Å². The molecule has 0 radical (unpaired) electrons. The van der Waals surface area contributed by atoms with Crippen LogP contribution in [0.4, 0.5) is 5.69 Å². The average Bonchev–Trinajstić information content (AvgIpc) is 3.07. The highest BCUT2D eigenvalue weighted by Crippen LogP contribution is 2.33. The number of hydrazone groups is 1. The standard InChI is InChI=1S/C20H23N3O4S/c1-14-7-9-15(10-8-14)19-12-18(21-23(19)20(24)13-27-2)16-5-4-6-17(11-16)22-28(3,25)26/h4-11,19,22H,12-13H2,1-3H3. The van der Waals surface area contributed by atoms with Crippen molar-refractivity contribution >= 4 is 27.3 Å². The minimum atomic E-state index is -3.38. The van der Waals surface area contributed by atoms with Gasteiger partial charge in [0.1, 0.15) is 6.61 Å². The molecule has 8 heteroatoms. The highest BCUT2D eigenvalue weighted by molar-refractivity contribution is 7.92. The molecule has 0 aromatic heterocycles. The Morgan fingerprint density at radius 2 is 1.96 bits per heavy atom. The minimum Gasteiger partial charge on any atom is -0.375 e. The number of methoxy groups -OCH3 is 1. The highest BCUT2D eigenvalue weighted by Gasteiger charge is 2.33. The molecule has 0 spiro atoms. The number of hydrogen-bond acceptors (Lipinski definition) is 5. The van der Waals surface area contributed by atoms with Gasteiger partial charge in [-0.15, -0.1) is 0 Å². The summed E-state index contributed by atoms with van der Waals surface area (Å²) in [7, 11) is -1.91. The summed E-state index contributed by atoms with van der Waals surface area (Å²) >= 11 is 0. The smallest absolute Gasteiger partial charge is 0.269 e. The molecule has 2 aromatic carbocycles. The summed E-state index contributed by atoms with van der Waals surface area (Å²) < 4.78 is 30.5. The number of hydrogen-bond donors (Lipinski definition) is 1. The van der Waals surface area contributed by atoms with Gasteiger partial charge >= 0.3 is 0 Å². The third-order valence-electron chi connectivity index (χ3n) is 4.39. The van der Waals surface area contributed by atoms with Crippen LogP contribution in [-0.2, 0) is 19.6 Å². The molecule has 0 saturated heterocycles. The first-order chi connectivity index (χ1) is 13.3. The molecule has 1 heterocycles. The zero-order valence-electron chi connectivity index (χ0n) is 16.0. The van der Waals surface area contributed by atoms with Crippen molar-refractivity contribution in [2.75, 3.05) is 24.7 Å². The first kappa shape index (κ1) is 20.0. The molecule has 0 fully saturated rings. The van der Waals surface area contributed by atoms with E-state index in [1.165, 1.54) is 12.1 Å². The zero-order valence-corrected chi connectivity index (χ0v) is 16.9. The number of sulfonamides is 1. The Morgan fingerprint density at radius 1 is 1.25 bits per heavy atom. The summed E-state index contributed by atoms with van der Waals surface area (Å²) in [5.74, 6) is -0.228. The van der Waals surface area contributed by atoms with Crippen LogP contribution >= 0.6 is 0 Å². The van der Waals surface area contributed by atoms with Gasteiger partial charge in [-0.25, -0.2) is 13.4 Å². The number of ether oxygens (including phenoxy) is 1. The molecule has 1 amide bonds. The third-order valence-corrected chi connectivity index (χ3v) is 5.00. The molecule has 148 valence electrons. The fourth-order valence-corrected chi connectivity index (χ4v) is 3.68. The summed E-state index contributed by atoms with van der Waals surface area (Å²) in [6.07, 6.45) is 1.63. The van der Waals surface area contributed by atoms with Gasteiger partial charge in [0.15, 0.2) is 0 Å². The van der Waals surface area contributed by atoms with Crippen molar-refractivity contribution in [3.8, 4) is 0 Å². The van der Waals surface area contributed by atoms with Gasteiger partial charge in [0.2, 0.25) is 10.0 Å². The maximum Gasteiger partial charge on any atom is 0.269 e. The molecule has 0 saturated carbocycles. The van der Waals surface area contributed by atoms with Crippen LogP contribution in [0.25, 0.3) is 0 Å². The Labute approximate surface area is 165 Å². The Kier molecular flexibility index (Phi) is 5.81. The molecule has 1 unspecified atom stereocenters. The summed E-state index contributed by atoms with van der Waals surface area (Å²) in [6, 6.07) is 14.8. The third kappa shape index (κ3) is 4.76. The molecule has 1 N–H and O–H groups in total. The molecule has 0 aliphatic carbocycles. The molecule has 2 aromatic rings. The maximum absolute atomic E-state index is 12.5. The lowest BCUT2D eigenvalue weighted by Crippen LogP contribution is -2.30. The van der Waals surface area contributed by atoms with E-state index in [4.69, 9.17) is 4.74 Å². The van der Waals surface area contributed by atoms with Crippen molar-refractivity contribution < 1.29 is 17.9 Å². The minimum absolute atomic E-state index is 0.0607. The number of amides is 1. The van der Waals surface area contributed by atoms with Gasteiger partial charge in [-0.2, -0.15) is 5.10 Å². The topological polar surface area (TPSA) is 88.1 Å². The number of anilines is 1. The van der Waals surface area contributed by atoms with Crippen molar-refractivity contribution in [2.24, 2.45) is 5.10 Å². The number of aryl methyl sites for hydroxylation is 1. The van der Waals surface area contributed by atoms with E-state index < -0.39 is 10.0 Å². The SMILES string of the molecule is COCC(=O)N1N=C(c2cccc(NS(C)(=O)=O)c2)CC1c1ccc(C)cc1. The van der Waals surface area contributed by atoms with Crippen LogP contribution in [0.5, 0.6) is 0 Å². The van der Waals surface area contributed by atoms with E-state index in [9.17, 15) is 13.2 Å². The van der Waals surface area contributed by atoms with E-state index in [2.05, 4.69) is 9.82 Å². The van der Waals surface area contributed by atoms with E-state index in [-0.39, 0.29) is 18.6 Å². The molecule has 28 heavy (non-hydrogen) atoms. The molecule has 7 nitrogen and oxygen atoms in total. The monoisotopic (exact) mass is 401 g/mol. The fourth-order valence-electron chi connectivity index (χ4n) is 3.13. The lowest BCUT2D eigenvalue weighted by Gasteiger charge is -2.21. The first-order valence-electron chi connectivity index (χ1n) is 8.80. The van der Waals surface area contributed by atoms with Crippen molar-refractivity contribution in [1.82, 2.24) is 5.01 Å². The normalized spacial score (nSPS) is 16.8. The van der Waals surface area contributed by atoms with Gasteiger partial charge in [0, 0.05) is 19.2 Å². The van der Waals surface area contributed by atoms with Crippen molar-refractivity contribution in [3.05, 3.63) is 65.2 Å². The predicted molar refractivity (Wildman–Crippen MR) is 109 cm³/mol. The van der Waals surface area contributed by atoms with Gasteiger partial charge in [-0.1, -0.05) is 42.0 Å². The van der Waals surface area contributed by atoms with E-state index >= 15 is 0 Å². The van der Waals surface area contributed by atoms with Crippen molar-refractivity contribution in [1.29, 1.82) is 0 Å². The maximum atomic E-state index is 12.5. The second kappa shape index (κ2) is 8.12. The van der Waals surface area contributed by atoms with Crippen LogP contribution in [0.2, 0.25) is 0 Å². The fraction of sp³-hybridized carbons (Fsp3) is 0.300. The van der Waals surface area contributed by atoms with Crippen LogP contribution < -0.4 is 4.72 Å². The molecule has 1 aliphatic rings. The largest absolute Gasteiger partial charge is 0.375 e. The van der Waals surface area contributed by atoms with E-state index in [1.807, 2.05) is 37.3 Å². The summed E-state index contributed by atoms with van der Waals surface area (Å²) in [5, 5.41) is 6.00. The Morgan fingerprint density at radius 3 is 2.61 bits per heavy atom. The Balaban J connectivity index is 1.93. The van der Waals surface area contributed by atoms with Crippen LogP contribution in [0.1, 0.15) is 29.2 Å². The van der Waals surface area contributed by atoms with Gasteiger partial charge in [-0.05, 0) is 30.2 Å². The Hall–Kier alpha value is -2.71. The van der Waals surface area contributed by atoms with E-state index in [1.54, 1.807) is 18.2 Å².